The standard InChI is InChI=1S/C12H19N5O/c1-9-6-10(13)15-11(14-9)7-17-5-3-4-16(2)12(18)8-17/h6H,3-5,7-8H2,1-2H3,(H2,13,14,15). The van der Waals surface area contributed by atoms with Gasteiger partial charge in [-0.25, -0.2) is 9.97 Å². The van der Waals surface area contributed by atoms with Crippen molar-refractivity contribution in [2.24, 2.45) is 0 Å². The number of hydrogen-bond acceptors (Lipinski definition) is 5. The summed E-state index contributed by atoms with van der Waals surface area (Å²) in [4.78, 5) is 24.2. The highest BCUT2D eigenvalue weighted by Crippen LogP contribution is 2.08. The second-order valence-corrected chi connectivity index (χ2v) is 4.73. The Bertz CT molecular complexity index is 428. The summed E-state index contributed by atoms with van der Waals surface area (Å²) in [6.07, 6.45) is 0.976. The Balaban J connectivity index is 2.06. The van der Waals surface area contributed by atoms with Crippen molar-refractivity contribution in [2.45, 2.75) is 19.9 Å². The molecule has 0 radical (unpaired) electrons. The van der Waals surface area contributed by atoms with Gasteiger partial charge >= 0.3 is 0 Å². The molecule has 1 aliphatic rings. The Kier molecular flexibility index (Phi) is 3.76. The lowest BCUT2D eigenvalue weighted by molar-refractivity contribution is -0.130. The number of aryl methyl sites for hydroxylation is 1. The van der Waals surface area contributed by atoms with Gasteiger partial charge in [0.2, 0.25) is 5.91 Å². The van der Waals surface area contributed by atoms with Crippen molar-refractivity contribution in [1.29, 1.82) is 0 Å². The summed E-state index contributed by atoms with van der Waals surface area (Å²) in [5, 5.41) is 0. The lowest BCUT2D eigenvalue weighted by atomic mass is 10.3. The van der Waals surface area contributed by atoms with Crippen molar-refractivity contribution < 1.29 is 4.79 Å². The quantitative estimate of drug-likeness (QED) is 0.800. The normalized spacial score (nSPS) is 17.9. The molecule has 18 heavy (non-hydrogen) atoms. The van der Waals surface area contributed by atoms with Gasteiger partial charge in [-0.1, -0.05) is 0 Å². The molecule has 0 aliphatic carbocycles. The maximum Gasteiger partial charge on any atom is 0.236 e. The fourth-order valence-corrected chi connectivity index (χ4v) is 2.11. The number of anilines is 1. The molecule has 1 amide bonds. The van der Waals surface area contributed by atoms with Crippen molar-refractivity contribution in [3.8, 4) is 0 Å². The maximum absolute atomic E-state index is 11.8. The topological polar surface area (TPSA) is 75.3 Å². The molecule has 98 valence electrons. The van der Waals surface area contributed by atoms with E-state index in [0.717, 1.165) is 25.2 Å². The molecule has 0 spiro atoms. The summed E-state index contributed by atoms with van der Waals surface area (Å²) in [6.45, 7) is 4.58. The third-order valence-electron chi connectivity index (χ3n) is 3.04. The van der Waals surface area contributed by atoms with E-state index in [1.165, 1.54) is 0 Å². The van der Waals surface area contributed by atoms with Crippen LogP contribution >= 0.6 is 0 Å². The van der Waals surface area contributed by atoms with Gasteiger partial charge in [0.15, 0.2) is 0 Å². The highest BCUT2D eigenvalue weighted by Gasteiger charge is 2.19. The van der Waals surface area contributed by atoms with Crippen molar-refractivity contribution in [3.63, 3.8) is 0 Å². The average Bonchev–Trinajstić information content (AvgIpc) is 2.40. The maximum atomic E-state index is 11.8. The zero-order chi connectivity index (χ0) is 13.1. The second kappa shape index (κ2) is 5.30. The fraction of sp³-hybridized carbons (Fsp3) is 0.583. The van der Waals surface area contributed by atoms with Crippen LogP contribution in [-0.4, -0.2) is 52.4 Å². The van der Waals surface area contributed by atoms with Crippen LogP contribution in [0.4, 0.5) is 5.82 Å². The van der Waals surface area contributed by atoms with Gasteiger partial charge in [0.05, 0.1) is 13.1 Å². The molecular weight excluding hydrogens is 230 g/mol. The fourth-order valence-electron chi connectivity index (χ4n) is 2.11. The summed E-state index contributed by atoms with van der Waals surface area (Å²) in [7, 11) is 1.84. The van der Waals surface area contributed by atoms with Gasteiger partial charge in [0, 0.05) is 31.9 Å². The molecule has 0 atom stereocenters. The molecule has 0 bridgehead atoms. The summed E-state index contributed by atoms with van der Waals surface area (Å²) in [6, 6.07) is 1.74. The molecule has 1 aromatic heterocycles. The van der Waals surface area contributed by atoms with Gasteiger partial charge in [0.1, 0.15) is 11.6 Å². The number of rotatable bonds is 2. The Morgan fingerprint density at radius 1 is 1.39 bits per heavy atom. The first kappa shape index (κ1) is 12.8. The number of aromatic nitrogens is 2. The lowest BCUT2D eigenvalue weighted by Gasteiger charge is -2.18. The molecule has 2 rings (SSSR count). The Labute approximate surface area is 107 Å². The SMILES string of the molecule is Cc1cc(N)nc(CN2CCCN(C)C(=O)C2)n1. The van der Waals surface area contributed by atoms with Crippen molar-refractivity contribution in [3.05, 3.63) is 17.6 Å². The minimum absolute atomic E-state index is 0.146. The minimum atomic E-state index is 0.146. The number of amides is 1. The predicted molar refractivity (Wildman–Crippen MR) is 68.7 cm³/mol. The van der Waals surface area contributed by atoms with Gasteiger partial charge in [-0.2, -0.15) is 0 Å². The van der Waals surface area contributed by atoms with Crippen LogP contribution in [0.3, 0.4) is 0 Å². The number of nitrogens with two attached hydrogens (primary N) is 1. The van der Waals surface area contributed by atoms with Crippen LogP contribution in [0.2, 0.25) is 0 Å². The first-order chi connectivity index (χ1) is 8.54. The third-order valence-corrected chi connectivity index (χ3v) is 3.04. The van der Waals surface area contributed by atoms with Crippen LogP contribution in [0.25, 0.3) is 0 Å². The first-order valence-corrected chi connectivity index (χ1v) is 6.11. The van der Waals surface area contributed by atoms with Crippen molar-refractivity contribution >= 4 is 11.7 Å². The van der Waals surface area contributed by atoms with E-state index < -0.39 is 0 Å². The number of nitrogen functional groups attached to an aromatic ring is 1. The smallest absolute Gasteiger partial charge is 0.236 e. The average molecular weight is 249 g/mol. The monoisotopic (exact) mass is 249 g/mol. The Hall–Kier alpha value is -1.69. The largest absolute Gasteiger partial charge is 0.384 e. The van der Waals surface area contributed by atoms with Gasteiger partial charge in [-0.3, -0.25) is 9.69 Å². The molecule has 1 aliphatic heterocycles. The van der Waals surface area contributed by atoms with Crippen molar-refractivity contribution in [1.82, 2.24) is 19.8 Å². The van der Waals surface area contributed by atoms with E-state index in [0.29, 0.717) is 24.7 Å². The summed E-state index contributed by atoms with van der Waals surface area (Å²) < 4.78 is 0. The van der Waals surface area contributed by atoms with E-state index in [1.54, 1.807) is 11.0 Å². The molecule has 1 aromatic rings. The van der Waals surface area contributed by atoms with Gasteiger partial charge < -0.3 is 10.6 Å². The van der Waals surface area contributed by atoms with Crippen LogP contribution in [0.1, 0.15) is 17.9 Å². The van der Waals surface area contributed by atoms with Gasteiger partial charge in [-0.15, -0.1) is 0 Å². The van der Waals surface area contributed by atoms with E-state index >= 15 is 0 Å². The molecule has 0 unspecified atom stereocenters. The highest BCUT2D eigenvalue weighted by atomic mass is 16.2. The molecular formula is C12H19N5O. The van der Waals surface area contributed by atoms with Crippen molar-refractivity contribution in [2.75, 3.05) is 32.4 Å². The van der Waals surface area contributed by atoms with E-state index in [4.69, 9.17) is 5.73 Å². The number of nitrogens with zero attached hydrogens (tertiary/aromatic N) is 4. The molecule has 6 heteroatoms. The molecule has 1 fully saturated rings. The number of hydrogen-bond donors (Lipinski definition) is 1. The van der Waals surface area contributed by atoms with E-state index in [9.17, 15) is 4.79 Å². The van der Waals surface area contributed by atoms with Gasteiger partial charge in [-0.05, 0) is 13.3 Å². The Morgan fingerprint density at radius 2 is 2.17 bits per heavy atom. The minimum Gasteiger partial charge on any atom is -0.384 e. The van der Waals surface area contributed by atoms with E-state index in [2.05, 4.69) is 14.9 Å². The first-order valence-electron chi connectivity index (χ1n) is 6.11. The lowest BCUT2D eigenvalue weighted by Crippen LogP contribution is -2.34. The zero-order valence-electron chi connectivity index (χ0n) is 10.9. The van der Waals surface area contributed by atoms with Crippen LogP contribution in [0.5, 0.6) is 0 Å². The molecule has 2 heterocycles. The summed E-state index contributed by atoms with van der Waals surface area (Å²) >= 11 is 0. The molecule has 6 nitrogen and oxygen atoms in total. The summed E-state index contributed by atoms with van der Waals surface area (Å²) in [5.41, 5.74) is 6.56. The molecule has 0 saturated carbocycles. The van der Waals surface area contributed by atoms with E-state index in [-0.39, 0.29) is 5.91 Å². The molecule has 1 saturated heterocycles. The van der Waals surface area contributed by atoms with E-state index in [1.807, 2.05) is 14.0 Å². The van der Waals surface area contributed by atoms with Crippen LogP contribution in [0.15, 0.2) is 6.07 Å². The highest BCUT2D eigenvalue weighted by molar-refractivity contribution is 5.78. The third kappa shape index (κ3) is 3.16. The second-order valence-electron chi connectivity index (χ2n) is 4.73. The van der Waals surface area contributed by atoms with Crippen LogP contribution in [-0.2, 0) is 11.3 Å². The molecule has 0 aromatic carbocycles. The zero-order valence-corrected chi connectivity index (χ0v) is 10.9. The number of likely N-dealkylation sites (N-methyl/N-ethyl adjacent to an activating group) is 1. The Morgan fingerprint density at radius 3 is 2.89 bits per heavy atom. The number of carbonyl (C=O) groups is 1. The van der Waals surface area contributed by atoms with Crippen LogP contribution < -0.4 is 5.73 Å². The summed E-state index contributed by atoms with van der Waals surface area (Å²) in [5.74, 6) is 1.31. The number of carbonyl (C=O) groups excluding carboxylic acids is 1. The van der Waals surface area contributed by atoms with Gasteiger partial charge in [0.25, 0.3) is 0 Å². The van der Waals surface area contributed by atoms with Crippen LogP contribution in [0, 0.1) is 6.92 Å². The molecule has 2 N–H and O–H groups in total. The predicted octanol–water partition coefficient (Wildman–Crippen LogP) is 0.0313.